The molecule has 5 aliphatic rings. The van der Waals surface area contributed by atoms with E-state index in [1.54, 1.807) is 0 Å². The van der Waals surface area contributed by atoms with Crippen LogP contribution < -0.4 is 9.47 Å². The monoisotopic (exact) mass is 418 g/mol. The van der Waals surface area contributed by atoms with Crippen molar-refractivity contribution in [3.8, 4) is 11.5 Å². The maximum Gasteiger partial charge on any atom is 0.201 e. The fraction of sp³-hybridized carbons (Fsp3) is 0.333. The van der Waals surface area contributed by atoms with Crippen LogP contribution >= 0.6 is 0 Å². The number of ether oxygens (including phenoxy) is 2. The fourth-order valence-electron chi connectivity index (χ4n) is 7.13. The average Bonchev–Trinajstić information content (AvgIpc) is 3.36. The molecule has 0 saturated carbocycles. The minimum Gasteiger partial charge on any atom is -0.480 e. The van der Waals surface area contributed by atoms with Crippen molar-refractivity contribution in [2.24, 2.45) is 0 Å². The molecule has 2 heteroatoms. The molecule has 3 aliphatic carbocycles. The Morgan fingerprint density at radius 2 is 1.44 bits per heavy atom. The third-order valence-corrected chi connectivity index (χ3v) is 8.51. The number of benzene rings is 3. The van der Waals surface area contributed by atoms with Crippen LogP contribution in [0.2, 0.25) is 0 Å². The molecule has 32 heavy (non-hydrogen) atoms. The van der Waals surface area contributed by atoms with Crippen molar-refractivity contribution in [2.75, 3.05) is 0 Å². The second-order valence-corrected chi connectivity index (χ2v) is 10.1. The highest BCUT2D eigenvalue weighted by atomic mass is 16.6. The molecule has 3 aromatic rings. The van der Waals surface area contributed by atoms with E-state index in [-0.39, 0.29) is 6.10 Å². The van der Waals surface area contributed by atoms with Crippen molar-refractivity contribution in [3.63, 3.8) is 0 Å². The first-order valence-corrected chi connectivity index (χ1v) is 12.3. The number of rotatable bonds is 0. The molecule has 0 aromatic heterocycles. The zero-order valence-electron chi connectivity index (χ0n) is 18.2. The van der Waals surface area contributed by atoms with Crippen molar-refractivity contribution < 1.29 is 9.47 Å². The molecule has 0 radical (unpaired) electrons. The Balaban J connectivity index is 1.44. The third-order valence-electron chi connectivity index (χ3n) is 8.51. The summed E-state index contributed by atoms with van der Waals surface area (Å²) in [6, 6.07) is 17.9. The molecular formula is C30H26O2. The number of hydrogen-bond acceptors (Lipinski definition) is 2. The molecule has 0 N–H and O–H groups in total. The normalized spacial score (nSPS) is 25.6. The van der Waals surface area contributed by atoms with Crippen LogP contribution in [-0.2, 0) is 31.3 Å². The predicted octanol–water partition coefficient (Wildman–Crippen LogP) is 6.72. The van der Waals surface area contributed by atoms with Gasteiger partial charge in [0.25, 0.3) is 0 Å². The molecular weight excluding hydrogens is 392 g/mol. The van der Waals surface area contributed by atoms with Gasteiger partial charge in [-0.05, 0) is 97.4 Å². The molecule has 1 spiro atoms. The van der Waals surface area contributed by atoms with E-state index >= 15 is 0 Å². The van der Waals surface area contributed by atoms with Gasteiger partial charge >= 0.3 is 0 Å². The van der Waals surface area contributed by atoms with E-state index in [2.05, 4.69) is 54.6 Å². The molecule has 2 nitrogen and oxygen atoms in total. The van der Waals surface area contributed by atoms with Crippen molar-refractivity contribution in [2.45, 2.75) is 63.1 Å². The predicted molar refractivity (Wildman–Crippen MR) is 126 cm³/mol. The lowest BCUT2D eigenvalue weighted by atomic mass is 9.73. The van der Waals surface area contributed by atoms with Crippen molar-refractivity contribution in [1.82, 2.24) is 0 Å². The number of aryl methyl sites for hydroxylation is 2. The molecule has 0 amide bonds. The first-order valence-electron chi connectivity index (χ1n) is 12.3. The van der Waals surface area contributed by atoms with E-state index in [9.17, 15) is 0 Å². The summed E-state index contributed by atoms with van der Waals surface area (Å²) in [5.41, 5.74) is 11.9. The molecule has 3 aromatic carbocycles. The second kappa shape index (κ2) is 6.07. The first kappa shape index (κ1) is 17.5. The van der Waals surface area contributed by atoms with Gasteiger partial charge in [0.1, 0.15) is 11.5 Å². The Kier molecular flexibility index (Phi) is 3.33. The second-order valence-electron chi connectivity index (χ2n) is 10.1. The molecule has 158 valence electrons. The van der Waals surface area contributed by atoms with E-state index in [0.29, 0.717) is 0 Å². The largest absolute Gasteiger partial charge is 0.480 e. The van der Waals surface area contributed by atoms with Gasteiger partial charge in [0.15, 0.2) is 6.10 Å². The van der Waals surface area contributed by atoms with E-state index in [1.165, 1.54) is 88.6 Å². The van der Waals surface area contributed by atoms with Gasteiger partial charge < -0.3 is 9.47 Å². The summed E-state index contributed by atoms with van der Waals surface area (Å²) in [6.45, 7) is 0. The van der Waals surface area contributed by atoms with Crippen LogP contribution in [0.3, 0.4) is 0 Å². The minimum absolute atomic E-state index is 0.116. The Labute approximate surface area is 188 Å². The first-order chi connectivity index (χ1) is 15.8. The van der Waals surface area contributed by atoms with Crippen LogP contribution in [0.25, 0.3) is 11.6 Å². The Hall–Kier alpha value is -3.00. The zero-order valence-corrected chi connectivity index (χ0v) is 18.2. The molecule has 0 bridgehead atoms. The summed E-state index contributed by atoms with van der Waals surface area (Å²) in [4.78, 5) is 0. The highest BCUT2D eigenvalue weighted by Gasteiger charge is 2.61. The van der Waals surface area contributed by atoms with Crippen LogP contribution in [0.5, 0.6) is 11.5 Å². The lowest BCUT2D eigenvalue weighted by Crippen LogP contribution is -2.41. The van der Waals surface area contributed by atoms with Gasteiger partial charge in [0, 0.05) is 22.3 Å². The Morgan fingerprint density at radius 3 is 2.31 bits per heavy atom. The van der Waals surface area contributed by atoms with Crippen LogP contribution in [0.1, 0.15) is 76.3 Å². The van der Waals surface area contributed by atoms with Crippen molar-refractivity contribution in [1.29, 1.82) is 0 Å². The smallest absolute Gasteiger partial charge is 0.201 e. The van der Waals surface area contributed by atoms with Gasteiger partial charge in [-0.2, -0.15) is 0 Å². The summed E-state index contributed by atoms with van der Waals surface area (Å²) in [5, 5.41) is 0. The van der Waals surface area contributed by atoms with Crippen molar-refractivity contribution in [3.05, 3.63) is 93.0 Å². The standard InChI is InChI=1S/C30H26O2/c1-4-10-21-18(7-1)13-15-25-27(21)24-17-20-9-3-6-12-23(20)30(24)29(31-25)28-22-11-5-2-8-19(22)14-16-26(28)32-30/h3,6,9,12-17,29H,1-2,4-5,7-8,10-11H2/t29-,30-/m1/s1. The van der Waals surface area contributed by atoms with E-state index in [1.807, 2.05) is 0 Å². The highest BCUT2D eigenvalue weighted by Crippen LogP contribution is 2.66. The molecule has 0 unspecified atom stereocenters. The lowest BCUT2D eigenvalue weighted by molar-refractivity contribution is 0.0228. The maximum absolute atomic E-state index is 7.07. The fourth-order valence-corrected chi connectivity index (χ4v) is 7.13. The number of hydrogen-bond donors (Lipinski definition) is 0. The van der Waals surface area contributed by atoms with Crippen LogP contribution in [-0.4, -0.2) is 0 Å². The SMILES string of the molecule is C1=C2c3c(ccc4c3CCCC4)O[C@@H]3c4c(ccc5c4CCCC5)O[C@]23c2ccccc21. The number of fused-ring (bicyclic) bond motifs is 9. The van der Waals surface area contributed by atoms with Gasteiger partial charge in [-0.15, -0.1) is 0 Å². The summed E-state index contributed by atoms with van der Waals surface area (Å²) in [5.74, 6) is 2.08. The lowest BCUT2D eigenvalue weighted by Gasteiger charge is -2.41. The van der Waals surface area contributed by atoms with Crippen LogP contribution in [0, 0.1) is 0 Å². The summed E-state index contributed by atoms with van der Waals surface area (Å²) < 4.78 is 14.1. The van der Waals surface area contributed by atoms with Crippen LogP contribution in [0.4, 0.5) is 0 Å². The minimum atomic E-state index is -0.564. The molecule has 0 fully saturated rings. The average molecular weight is 419 g/mol. The molecule has 2 aliphatic heterocycles. The third kappa shape index (κ3) is 2.02. The molecule has 2 atom stereocenters. The summed E-state index contributed by atoms with van der Waals surface area (Å²) >= 11 is 0. The summed E-state index contributed by atoms with van der Waals surface area (Å²) in [7, 11) is 0. The van der Waals surface area contributed by atoms with E-state index in [0.717, 1.165) is 24.3 Å². The molecule has 8 rings (SSSR count). The van der Waals surface area contributed by atoms with Gasteiger partial charge in [0.05, 0.1) is 0 Å². The van der Waals surface area contributed by atoms with Crippen LogP contribution in [0.15, 0.2) is 48.5 Å². The highest BCUT2D eigenvalue weighted by molar-refractivity contribution is 5.98. The Bertz CT molecular complexity index is 1350. The van der Waals surface area contributed by atoms with Gasteiger partial charge in [-0.3, -0.25) is 0 Å². The van der Waals surface area contributed by atoms with Gasteiger partial charge in [0.2, 0.25) is 5.60 Å². The quantitative estimate of drug-likeness (QED) is 0.403. The topological polar surface area (TPSA) is 18.5 Å². The Morgan fingerprint density at radius 1 is 0.719 bits per heavy atom. The van der Waals surface area contributed by atoms with E-state index < -0.39 is 5.60 Å². The van der Waals surface area contributed by atoms with Crippen molar-refractivity contribution >= 4 is 11.6 Å². The maximum atomic E-state index is 7.07. The molecule has 0 saturated heterocycles. The summed E-state index contributed by atoms with van der Waals surface area (Å²) in [6.07, 6.45) is 12.0. The van der Waals surface area contributed by atoms with E-state index in [4.69, 9.17) is 9.47 Å². The van der Waals surface area contributed by atoms with Gasteiger partial charge in [-0.1, -0.05) is 36.4 Å². The zero-order chi connectivity index (χ0) is 20.9. The van der Waals surface area contributed by atoms with Gasteiger partial charge in [-0.25, -0.2) is 0 Å². The molecule has 2 heterocycles.